The fourth-order valence-corrected chi connectivity index (χ4v) is 8.67. The quantitative estimate of drug-likeness (QED) is 0.306. The average molecular weight is 746 g/mol. The maximum Gasteiger partial charge on any atom is 0.326 e. The van der Waals surface area contributed by atoms with Gasteiger partial charge in [-0.2, -0.15) is 0 Å². The van der Waals surface area contributed by atoms with Crippen LogP contribution < -0.4 is 16.7 Å². The number of hydrogen-bond donors (Lipinski definition) is 3. The van der Waals surface area contributed by atoms with Crippen LogP contribution in [0.4, 0.5) is 10.5 Å². The van der Waals surface area contributed by atoms with Gasteiger partial charge in [-0.3, -0.25) is 9.36 Å². The Labute approximate surface area is 280 Å². The van der Waals surface area contributed by atoms with Gasteiger partial charge in [-0.05, 0) is 120 Å². The minimum atomic E-state index is -0.712. The molecule has 3 aliphatic rings. The van der Waals surface area contributed by atoms with Crippen molar-refractivity contribution in [1.29, 1.82) is 0 Å². The van der Waals surface area contributed by atoms with E-state index in [4.69, 9.17) is 5.73 Å². The van der Waals surface area contributed by atoms with Crippen molar-refractivity contribution in [2.24, 2.45) is 0 Å². The van der Waals surface area contributed by atoms with Crippen LogP contribution in [-0.4, -0.2) is 87.5 Å². The number of carbonyl (C=O) groups excluding carboxylic acids is 2. The van der Waals surface area contributed by atoms with Crippen LogP contribution >= 0.6 is 31.9 Å². The molecule has 0 spiro atoms. The molecule has 0 saturated carbocycles. The first-order valence-corrected chi connectivity index (χ1v) is 17.7. The fourth-order valence-electron chi connectivity index (χ4n) is 7.39. The monoisotopic (exact) mass is 743 g/mol. The van der Waals surface area contributed by atoms with Crippen LogP contribution in [0.25, 0.3) is 11.0 Å². The molecule has 0 bridgehead atoms. The molecule has 2 aromatic carbocycles. The zero-order valence-electron chi connectivity index (χ0n) is 25.9. The number of urea groups is 1. The highest BCUT2D eigenvalue weighted by Crippen LogP contribution is 2.32. The van der Waals surface area contributed by atoms with E-state index in [-0.39, 0.29) is 17.6 Å². The highest BCUT2D eigenvalue weighted by Gasteiger charge is 2.37. The van der Waals surface area contributed by atoms with Gasteiger partial charge in [0, 0.05) is 47.6 Å². The molecule has 3 aromatic rings. The minimum Gasteiger partial charge on any atom is -0.397 e. The number of nitrogen functional groups attached to an aromatic ring is 1. The summed E-state index contributed by atoms with van der Waals surface area (Å²) in [6.07, 6.45) is 7.36. The molecule has 242 valence electrons. The summed E-state index contributed by atoms with van der Waals surface area (Å²) >= 11 is 7.06. The number of H-pyrrole nitrogens is 1. The summed E-state index contributed by atoms with van der Waals surface area (Å²) in [5.74, 6) is -0.0447. The van der Waals surface area contributed by atoms with E-state index in [1.54, 1.807) is 4.90 Å². The Hall–Kier alpha value is -2.83. The van der Waals surface area contributed by atoms with Crippen molar-refractivity contribution in [2.75, 3.05) is 45.0 Å². The number of aromatic amines is 1. The van der Waals surface area contributed by atoms with E-state index in [0.717, 1.165) is 51.5 Å². The van der Waals surface area contributed by atoms with Gasteiger partial charge in [-0.25, -0.2) is 9.59 Å². The third kappa shape index (κ3) is 6.83. The molecule has 4 heterocycles. The molecule has 3 saturated heterocycles. The third-order valence-corrected chi connectivity index (χ3v) is 11.4. The molecule has 3 fully saturated rings. The lowest BCUT2D eigenvalue weighted by Gasteiger charge is -2.42. The zero-order chi connectivity index (χ0) is 31.7. The lowest BCUT2D eigenvalue weighted by molar-refractivity contribution is -0.135. The van der Waals surface area contributed by atoms with Crippen molar-refractivity contribution < 1.29 is 9.59 Å². The van der Waals surface area contributed by atoms with Crippen LogP contribution in [0, 0.1) is 0 Å². The van der Waals surface area contributed by atoms with Crippen LogP contribution in [-0.2, 0) is 16.8 Å². The number of rotatable bonds is 6. The molecule has 12 heteroatoms. The van der Waals surface area contributed by atoms with Crippen molar-refractivity contribution in [1.82, 2.24) is 29.6 Å². The SMILES string of the molecule is CC1(n2c(=O)[nH]c3ccccc32)CCN(C(=O)N[C@H](Cc2cc(Br)c(N)c(Br)c2)C(=O)N2CCC(N3CCCCC3)CC2)CC1. The summed E-state index contributed by atoms with van der Waals surface area (Å²) in [6, 6.07) is 11.1. The van der Waals surface area contributed by atoms with E-state index >= 15 is 0 Å². The molecule has 0 aliphatic carbocycles. The Bertz CT molecular complexity index is 1580. The number of nitrogens with zero attached hydrogens (tertiary/aromatic N) is 4. The molecular formula is C33H43Br2N7O3. The summed E-state index contributed by atoms with van der Waals surface area (Å²) < 4.78 is 3.33. The van der Waals surface area contributed by atoms with Crippen molar-refractivity contribution >= 4 is 60.5 Å². The molecule has 6 rings (SSSR count). The number of imidazole rings is 1. The number of hydrogen-bond acceptors (Lipinski definition) is 5. The summed E-state index contributed by atoms with van der Waals surface area (Å²) in [4.78, 5) is 50.0. The lowest BCUT2D eigenvalue weighted by Crippen LogP contribution is -2.57. The molecule has 45 heavy (non-hydrogen) atoms. The van der Waals surface area contributed by atoms with Crippen LogP contribution in [0.3, 0.4) is 0 Å². The molecular weight excluding hydrogens is 702 g/mol. The van der Waals surface area contributed by atoms with Crippen LogP contribution in [0.15, 0.2) is 50.1 Å². The molecule has 1 aromatic heterocycles. The number of anilines is 1. The second-order valence-corrected chi connectivity index (χ2v) is 14.8. The molecule has 3 aliphatic heterocycles. The number of nitrogens with two attached hydrogens (primary N) is 1. The van der Waals surface area contributed by atoms with E-state index in [9.17, 15) is 14.4 Å². The van der Waals surface area contributed by atoms with E-state index in [1.807, 2.05) is 45.9 Å². The maximum absolute atomic E-state index is 14.1. The normalized spacial score (nSPS) is 20.3. The number of carbonyl (C=O) groups is 2. The van der Waals surface area contributed by atoms with Crippen molar-refractivity contribution in [2.45, 2.75) is 75.9 Å². The second kappa shape index (κ2) is 13.5. The van der Waals surface area contributed by atoms with E-state index < -0.39 is 11.6 Å². The van der Waals surface area contributed by atoms with Crippen molar-refractivity contribution in [3.05, 3.63) is 61.4 Å². The Morgan fingerprint density at radius 1 is 0.978 bits per heavy atom. The average Bonchev–Trinajstić information content (AvgIpc) is 3.40. The predicted molar refractivity (Wildman–Crippen MR) is 184 cm³/mol. The fraction of sp³-hybridized carbons (Fsp3) is 0.545. The van der Waals surface area contributed by atoms with Crippen LogP contribution in [0.5, 0.6) is 0 Å². The van der Waals surface area contributed by atoms with Gasteiger partial charge in [0.15, 0.2) is 0 Å². The lowest BCUT2D eigenvalue weighted by atomic mass is 9.89. The van der Waals surface area contributed by atoms with Gasteiger partial charge in [-0.15, -0.1) is 0 Å². The van der Waals surface area contributed by atoms with Gasteiger partial charge in [0.2, 0.25) is 5.91 Å². The number of nitrogens with one attached hydrogen (secondary N) is 2. The highest BCUT2D eigenvalue weighted by molar-refractivity contribution is 9.11. The highest BCUT2D eigenvalue weighted by atomic mass is 79.9. The van der Waals surface area contributed by atoms with Gasteiger partial charge in [0.25, 0.3) is 0 Å². The van der Waals surface area contributed by atoms with Crippen LogP contribution in [0.2, 0.25) is 0 Å². The van der Waals surface area contributed by atoms with E-state index in [1.165, 1.54) is 19.3 Å². The maximum atomic E-state index is 14.1. The summed E-state index contributed by atoms with van der Waals surface area (Å²) in [5.41, 5.74) is 8.75. The largest absolute Gasteiger partial charge is 0.397 e. The topological polar surface area (TPSA) is 120 Å². The zero-order valence-corrected chi connectivity index (χ0v) is 29.0. The first-order valence-electron chi connectivity index (χ1n) is 16.1. The number of halogens is 2. The molecule has 0 unspecified atom stereocenters. The van der Waals surface area contributed by atoms with Crippen molar-refractivity contribution in [3.63, 3.8) is 0 Å². The first-order chi connectivity index (χ1) is 21.6. The molecule has 4 N–H and O–H groups in total. The third-order valence-electron chi connectivity index (χ3n) is 10.1. The number of para-hydroxylation sites is 2. The van der Waals surface area contributed by atoms with Gasteiger partial charge in [0.1, 0.15) is 6.04 Å². The van der Waals surface area contributed by atoms with Crippen molar-refractivity contribution in [3.8, 4) is 0 Å². The van der Waals surface area contributed by atoms with Gasteiger partial charge < -0.3 is 30.7 Å². The smallest absolute Gasteiger partial charge is 0.326 e. The number of piperidine rings is 3. The number of amides is 3. The Kier molecular flexibility index (Phi) is 9.63. The molecule has 0 radical (unpaired) electrons. The Morgan fingerprint density at radius 3 is 2.29 bits per heavy atom. The first kappa shape index (κ1) is 32.1. The van der Waals surface area contributed by atoms with E-state index in [2.05, 4.69) is 54.0 Å². The second-order valence-electron chi connectivity index (χ2n) is 13.1. The Balaban J connectivity index is 1.15. The number of fused-ring (bicyclic) bond motifs is 1. The Morgan fingerprint density at radius 2 is 1.62 bits per heavy atom. The summed E-state index contributed by atoms with van der Waals surface area (Å²) in [6.45, 7) is 6.75. The standard InChI is InChI=1S/C33H43Br2N7O3/c1-33(42-28-8-4-3-7-26(28)37-32(42)45)11-17-41(18-12-33)31(44)38-27(21-22-19-24(34)29(36)25(35)20-22)30(43)40-15-9-23(10-16-40)39-13-5-2-6-14-39/h3-4,7-8,19-20,23,27H,2,5-6,9-18,21,36H2,1H3,(H,37,45)(H,38,44)/t27-/m1/s1. The molecule has 3 amide bonds. The minimum absolute atomic E-state index is 0.0447. The number of aromatic nitrogens is 2. The van der Waals surface area contributed by atoms with Gasteiger partial charge in [-0.1, -0.05) is 18.6 Å². The number of likely N-dealkylation sites (tertiary alicyclic amines) is 3. The number of benzene rings is 2. The van der Waals surface area contributed by atoms with Gasteiger partial charge in [0.05, 0.1) is 22.3 Å². The molecule has 1 atom stereocenters. The van der Waals surface area contributed by atoms with E-state index in [0.29, 0.717) is 57.2 Å². The van der Waals surface area contributed by atoms with Crippen LogP contribution in [0.1, 0.15) is 57.4 Å². The summed E-state index contributed by atoms with van der Waals surface area (Å²) in [5, 5.41) is 3.11. The predicted octanol–water partition coefficient (Wildman–Crippen LogP) is 5.05. The van der Waals surface area contributed by atoms with Gasteiger partial charge >= 0.3 is 11.7 Å². The molecule has 10 nitrogen and oxygen atoms in total. The summed E-state index contributed by atoms with van der Waals surface area (Å²) in [7, 11) is 0.